The number of halogens is 4. The van der Waals surface area contributed by atoms with Crippen molar-refractivity contribution in [2.75, 3.05) is 33.4 Å². The highest BCUT2D eigenvalue weighted by Gasteiger charge is 2.33. The summed E-state index contributed by atoms with van der Waals surface area (Å²) in [5.74, 6) is 0.575. The number of nitrogens with zero attached hydrogens (tertiary/aromatic N) is 2. The SMILES string of the molecule is CN=C(NCCc1nc(C(F)(F)F)cs1)NC(C)COC1CCOC1.I. The molecule has 150 valence electrons. The van der Waals surface area contributed by atoms with Gasteiger partial charge in [0.2, 0.25) is 0 Å². The molecule has 1 aromatic heterocycles. The zero-order valence-corrected chi connectivity index (χ0v) is 17.8. The van der Waals surface area contributed by atoms with E-state index in [9.17, 15) is 13.2 Å². The molecule has 0 radical (unpaired) electrons. The lowest BCUT2D eigenvalue weighted by molar-refractivity contribution is -0.140. The van der Waals surface area contributed by atoms with Crippen LogP contribution in [0.15, 0.2) is 10.4 Å². The minimum absolute atomic E-state index is 0. The van der Waals surface area contributed by atoms with E-state index in [1.54, 1.807) is 7.05 Å². The number of hydrogen-bond acceptors (Lipinski definition) is 5. The summed E-state index contributed by atoms with van der Waals surface area (Å²) in [5, 5.41) is 7.73. The van der Waals surface area contributed by atoms with Crippen LogP contribution in [-0.4, -0.2) is 56.5 Å². The second-order valence-electron chi connectivity index (χ2n) is 5.74. The second-order valence-corrected chi connectivity index (χ2v) is 6.68. The smallest absolute Gasteiger partial charge is 0.379 e. The molecule has 2 heterocycles. The number of nitrogens with one attached hydrogen (secondary N) is 2. The lowest BCUT2D eigenvalue weighted by atomic mass is 10.3. The third-order valence-electron chi connectivity index (χ3n) is 3.55. The third-order valence-corrected chi connectivity index (χ3v) is 4.46. The van der Waals surface area contributed by atoms with Crippen LogP contribution in [-0.2, 0) is 22.1 Å². The first-order chi connectivity index (χ1) is 11.9. The van der Waals surface area contributed by atoms with E-state index in [0.29, 0.717) is 37.1 Å². The fraction of sp³-hybridized carbons (Fsp3) is 0.733. The first-order valence-electron chi connectivity index (χ1n) is 8.06. The predicted molar refractivity (Wildman–Crippen MR) is 105 cm³/mol. The van der Waals surface area contributed by atoms with Gasteiger partial charge in [0.15, 0.2) is 11.7 Å². The molecule has 0 saturated carbocycles. The van der Waals surface area contributed by atoms with Gasteiger partial charge in [0.1, 0.15) is 0 Å². The van der Waals surface area contributed by atoms with Gasteiger partial charge in [-0.15, -0.1) is 35.3 Å². The maximum absolute atomic E-state index is 12.5. The molecule has 1 aromatic rings. The molecule has 0 bridgehead atoms. The maximum atomic E-state index is 12.5. The molecular formula is C15H24F3IN4O2S. The van der Waals surface area contributed by atoms with E-state index in [1.165, 1.54) is 0 Å². The van der Waals surface area contributed by atoms with Crippen molar-refractivity contribution in [1.82, 2.24) is 15.6 Å². The second kappa shape index (κ2) is 11.2. The molecule has 0 amide bonds. The Bertz CT molecular complexity index is 565. The largest absolute Gasteiger partial charge is 0.434 e. The van der Waals surface area contributed by atoms with E-state index >= 15 is 0 Å². The predicted octanol–water partition coefficient (Wildman–Crippen LogP) is 2.68. The molecule has 0 aromatic carbocycles. The van der Waals surface area contributed by atoms with Gasteiger partial charge in [-0.25, -0.2) is 4.98 Å². The molecule has 2 rings (SSSR count). The van der Waals surface area contributed by atoms with Crippen molar-refractivity contribution in [2.24, 2.45) is 4.99 Å². The van der Waals surface area contributed by atoms with E-state index in [1.807, 2.05) is 6.92 Å². The van der Waals surface area contributed by atoms with Crippen LogP contribution < -0.4 is 10.6 Å². The molecule has 1 aliphatic rings. The Hall–Kier alpha value is -0.660. The lowest BCUT2D eigenvalue weighted by Crippen LogP contribution is -2.45. The topological polar surface area (TPSA) is 67.8 Å². The van der Waals surface area contributed by atoms with Crippen LogP contribution in [0.2, 0.25) is 0 Å². The van der Waals surface area contributed by atoms with Crippen LogP contribution in [0.25, 0.3) is 0 Å². The summed E-state index contributed by atoms with van der Waals surface area (Å²) in [5.41, 5.74) is -0.836. The molecule has 1 fully saturated rings. The zero-order chi connectivity index (χ0) is 18.3. The monoisotopic (exact) mass is 508 g/mol. The van der Waals surface area contributed by atoms with Gasteiger partial charge in [-0.3, -0.25) is 4.99 Å². The van der Waals surface area contributed by atoms with Crippen molar-refractivity contribution in [1.29, 1.82) is 0 Å². The van der Waals surface area contributed by atoms with Gasteiger partial charge < -0.3 is 20.1 Å². The minimum Gasteiger partial charge on any atom is -0.379 e. The normalized spacial score (nSPS) is 19.1. The summed E-state index contributed by atoms with van der Waals surface area (Å²) < 4.78 is 48.5. The minimum atomic E-state index is -4.39. The molecule has 2 unspecified atom stereocenters. The summed E-state index contributed by atoms with van der Waals surface area (Å²) in [7, 11) is 1.64. The molecule has 6 nitrogen and oxygen atoms in total. The average molecular weight is 508 g/mol. The molecule has 2 atom stereocenters. The van der Waals surface area contributed by atoms with E-state index in [4.69, 9.17) is 9.47 Å². The van der Waals surface area contributed by atoms with Crippen molar-refractivity contribution in [2.45, 2.75) is 38.1 Å². The maximum Gasteiger partial charge on any atom is 0.434 e. The Morgan fingerprint density at radius 3 is 2.88 bits per heavy atom. The lowest BCUT2D eigenvalue weighted by Gasteiger charge is -2.19. The highest BCUT2D eigenvalue weighted by Crippen LogP contribution is 2.29. The first-order valence-corrected chi connectivity index (χ1v) is 8.94. The molecule has 26 heavy (non-hydrogen) atoms. The summed E-state index contributed by atoms with van der Waals surface area (Å²) in [6, 6.07) is 0.0449. The van der Waals surface area contributed by atoms with Crippen LogP contribution in [0.4, 0.5) is 13.2 Å². The number of alkyl halides is 3. The third kappa shape index (κ3) is 7.92. The molecular weight excluding hydrogens is 484 g/mol. The Morgan fingerprint density at radius 2 is 2.31 bits per heavy atom. The number of ether oxygens (including phenoxy) is 2. The summed E-state index contributed by atoms with van der Waals surface area (Å²) >= 11 is 1.01. The van der Waals surface area contributed by atoms with Gasteiger partial charge in [-0.05, 0) is 13.3 Å². The average Bonchev–Trinajstić information content (AvgIpc) is 3.23. The number of thiazole rings is 1. The van der Waals surface area contributed by atoms with Gasteiger partial charge in [0.05, 0.1) is 24.3 Å². The first kappa shape index (κ1) is 23.4. The van der Waals surface area contributed by atoms with Gasteiger partial charge in [-0.1, -0.05) is 0 Å². The van der Waals surface area contributed by atoms with E-state index in [2.05, 4.69) is 20.6 Å². The van der Waals surface area contributed by atoms with Gasteiger partial charge in [-0.2, -0.15) is 13.2 Å². The molecule has 1 saturated heterocycles. The number of hydrogen-bond donors (Lipinski definition) is 2. The Balaban J connectivity index is 0.00000338. The summed E-state index contributed by atoms with van der Waals surface area (Å²) in [4.78, 5) is 7.70. The van der Waals surface area contributed by atoms with Crippen molar-refractivity contribution >= 4 is 41.3 Å². The van der Waals surface area contributed by atoms with Gasteiger partial charge >= 0.3 is 6.18 Å². The van der Waals surface area contributed by atoms with E-state index in [-0.39, 0.29) is 36.1 Å². The summed E-state index contributed by atoms with van der Waals surface area (Å²) in [6.07, 6.45) is -2.94. The Labute approximate surface area is 172 Å². The summed E-state index contributed by atoms with van der Waals surface area (Å²) in [6.45, 7) is 4.31. The van der Waals surface area contributed by atoms with Crippen LogP contribution in [0.5, 0.6) is 0 Å². The quantitative estimate of drug-likeness (QED) is 0.337. The van der Waals surface area contributed by atoms with Crippen molar-refractivity contribution < 1.29 is 22.6 Å². The molecule has 11 heteroatoms. The molecule has 0 spiro atoms. The fourth-order valence-electron chi connectivity index (χ4n) is 2.24. The molecule has 1 aliphatic heterocycles. The van der Waals surface area contributed by atoms with E-state index in [0.717, 1.165) is 29.7 Å². The molecule has 0 aliphatic carbocycles. The Morgan fingerprint density at radius 1 is 1.54 bits per heavy atom. The van der Waals surface area contributed by atoms with Crippen molar-refractivity contribution in [3.05, 3.63) is 16.1 Å². The fourth-order valence-corrected chi connectivity index (χ4v) is 3.04. The van der Waals surface area contributed by atoms with E-state index < -0.39 is 11.9 Å². The van der Waals surface area contributed by atoms with Crippen LogP contribution >= 0.6 is 35.3 Å². The number of aromatic nitrogens is 1. The van der Waals surface area contributed by atoms with Crippen LogP contribution in [0.1, 0.15) is 24.0 Å². The number of aliphatic imine (C=N–C) groups is 1. The van der Waals surface area contributed by atoms with Crippen molar-refractivity contribution in [3.63, 3.8) is 0 Å². The van der Waals surface area contributed by atoms with Gasteiger partial charge in [0.25, 0.3) is 0 Å². The highest BCUT2D eigenvalue weighted by atomic mass is 127. The highest BCUT2D eigenvalue weighted by molar-refractivity contribution is 14.0. The molecule has 2 N–H and O–H groups in total. The Kier molecular flexibility index (Phi) is 10.1. The zero-order valence-electron chi connectivity index (χ0n) is 14.6. The van der Waals surface area contributed by atoms with Gasteiger partial charge in [0, 0.05) is 38.0 Å². The number of guanidine groups is 1. The van der Waals surface area contributed by atoms with Crippen LogP contribution in [0.3, 0.4) is 0 Å². The standard InChI is InChI=1S/C15H23F3N4O2S.HI/c1-10(7-24-11-4-6-23-8-11)21-14(19-2)20-5-3-13-22-12(9-25-13)15(16,17)18;/h9-11H,3-8H2,1-2H3,(H2,19,20,21);1H. The van der Waals surface area contributed by atoms with Crippen LogP contribution in [0, 0.1) is 0 Å². The number of rotatable bonds is 7. The van der Waals surface area contributed by atoms with Crippen molar-refractivity contribution in [3.8, 4) is 0 Å².